The maximum absolute atomic E-state index is 13.0. The van der Waals surface area contributed by atoms with E-state index < -0.39 is 43.3 Å². The van der Waals surface area contributed by atoms with E-state index in [0.29, 0.717) is 18.4 Å². The molecule has 1 saturated carbocycles. The number of nitrogens with one attached hydrogen (secondary N) is 1. The Morgan fingerprint density at radius 2 is 1.75 bits per heavy atom. The first-order valence-corrected chi connectivity index (χ1v) is 12.6. The van der Waals surface area contributed by atoms with Crippen LogP contribution in [-0.2, 0) is 21.1 Å². The Kier molecular flexibility index (Phi) is 7.06. The highest BCUT2D eigenvalue weighted by Gasteiger charge is 2.50. The van der Waals surface area contributed by atoms with Gasteiger partial charge in [0.2, 0.25) is 5.89 Å². The number of aromatic nitrogens is 1. The van der Waals surface area contributed by atoms with E-state index in [1.807, 2.05) is 0 Å². The average molecular weight is 495 g/mol. The van der Waals surface area contributed by atoms with Crippen LogP contribution in [0.1, 0.15) is 58.3 Å². The zero-order valence-electron chi connectivity index (χ0n) is 17.8. The molecule has 1 heterocycles. The van der Waals surface area contributed by atoms with Crippen LogP contribution in [0.3, 0.4) is 0 Å². The minimum atomic E-state index is -5.98. The molecule has 1 aliphatic carbocycles. The van der Waals surface area contributed by atoms with Crippen molar-refractivity contribution >= 4 is 21.1 Å². The number of rotatable bonds is 7. The maximum atomic E-state index is 13.0. The van der Waals surface area contributed by atoms with Crippen LogP contribution in [-0.4, -0.2) is 27.9 Å². The summed E-state index contributed by atoms with van der Waals surface area (Å²) in [4.78, 5) is 3.93. The maximum Gasteiger partial charge on any atom is 0.534 e. The van der Waals surface area contributed by atoms with Gasteiger partial charge in [-0.05, 0) is 51.7 Å². The molecule has 1 fully saturated rings. The molecule has 0 aliphatic heterocycles. The van der Waals surface area contributed by atoms with Gasteiger partial charge in [-0.2, -0.15) is 26.6 Å². The molecule has 0 amide bonds. The quantitative estimate of drug-likeness (QED) is 0.436. The number of halogens is 3. The third-order valence-corrected chi connectivity index (χ3v) is 7.58. The van der Waals surface area contributed by atoms with Crippen LogP contribution in [0.5, 0.6) is 5.88 Å². The highest BCUT2D eigenvalue weighted by Crippen LogP contribution is 2.42. The summed E-state index contributed by atoms with van der Waals surface area (Å²) in [5.74, 6) is -1.27. The van der Waals surface area contributed by atoms with E-state index in [1.165, 1.54) is 0 Å². The highest BCUT2D eigenvalue weighted by molar-refractivity contribution is 7.88. The molecule has 1 aromatic carbocycles. The van der Waals surface area contributed by atoms with Gasteiger partial charge in [-0.1, -0.05) is 31.0 Å². The van der Waals surface area contributed by atoms with Crippen molar-refractivity contribution in [3.63, 3.8) is 0 Å². The molecule has 2 unspecified atom stereocenters. The summed E-state index contributed by atoms with van der Waals surface area (Å²) in [5, 5.41) is 0. The summed E-state index contributed by atoms with van der Waals surface area (Å²) in [6, 6.07) is 7.46. The molecular formula is C20H25F3N2O5S2. The molecule has 0 bridgehead atoms. The summed E-state index contributed by atoms with van der Waals surface area (Å²) in [6.45, 7) is 5.22. The standard InChI is InChI=1S/C20H25F3N2O5S2/c1-19(2,3)31(26)25-15(13-9-7-8-10-13)16-18(30-32(27,28)20(21,22)23)24-17(29-16)14-11-5-4-6-12-14/h4-6,11-13,15,25H,7-10H2,1-3H3. The van der Waals surface area contributed by atoms with Gasteiger partial charge in [0.15, 0.2) is 5.76 Å². The van der Waals surface area contributed by atoms with Gasteiger partial charge in [-0.3, -0.25) is 0 Å². The Morgan fingerprint density at radius 3 is 2.28 bits per heavy atom. The molecule has 32 heavy (non-hydrogen) atoms. The van der Waals surface area contributed by atoms with Crippen LogP contribution in [0.25, 0.3) is 11.5 Å². The lowest BCUT2D eigenvalue weighted by atomic mass is 9.97. The minimum absolute atomic E-state index is 0.0979. The second kappa shape index (κ2) is 9.14. The fourth-order valence-electron chi connectivity index (χ4n) is 3.38. The third kappa shape index (κ3) is 5.52. The molecule has 0 spiro atoms. The number of nitrogens with zero attached hydrogens (tertiary/aromatic N) is 1. The Bertz CT molecular complexity index is 1060. The molecule has 3 rings (SSSR count). The number of hydrogen-bond acceptors (Lipinski definition) is 6. The number of hydrogen-bond donors (Lipinski definition) is 1. The lowest BCUT2D eigenvalue weighted by molar-refractivity contribution is -0.0501. The Hall–Kier alpha value is -1.92. The predicted molar refractivity (Wildman–Crippen MR) is 113 cm³/mol. The molecule has 12 heteroatoms. The molecule has 0 radical (unpaired) electrons. The van der Waals surface area contributed by atoms with Gasteiger partial charge in [0.05, 0.1) is 21.8 Å². The van der Waals surface area contributed by atoms with Crippen LogP contribution in [0, 0.1) is 5.92 Å². The van der Waals surface area contributed by atoms with Crippen molar-refractivity contribution in [2.24, 2.45) is 5.92 Å². The molecule has 2 atom stereocenters. The van der Waals surface area contributed by atoms with Crippen molar-refractivity contribution in [1.29, 1.82) is 0 Å². The summed E-state index contributed by atoms with van der Waals surface area (Å²) >= 11 is 0. The third-order valence-electron chi connectivity index (χ3n) is 5.06. The van der Waals surface area contributed by atoms with Crippen LogP contribution in [0.15, 0.2) is 34.7 Å². The zero-order chi connectivity index (χ0) is 23.7. The molecular weight excluding hydrogens is 469 g/mol. The van der Waals surface area contributed by atoms with Gasteiger partial charge in [0.1, 0.15) is 0 Å². The molecule has 7 nitrogen and oxygen atoms in total. The van der Waals surface area contributed by atoms with E-state index in [-0.39, 0.29) is 17.6 Å². The number of oxazole rings is 1. The average Bonchev–Trinajstić information content (AvgIpc) is 3.35. The van der Waals surface area contributed by atoms with E-state index in [0.717, 1.165) is 12.8 Å². The Balaban J connectivity index is 2.11. The van der Waals surface area contributed by atoms with Crippen molar-refractivity contribution in [3.8, 4) is 17.3 Å². The topological polar surface area (TPSA) is 98.5 Å². The molecule has 1 aliphatic rings. The predicted octanol–water partition coefficient (Wildman–Crippen LogP) is 4.85. The van der Waals surface area contributed by atoms with Crippen molar-refractivity contribution in [1.82, 2.24) is 9.71 Å². The largest absolute Gasteiger partial charge is 0.534 e. The first kappa shape index (κ1) is 24.7. The van der Waals surface area contributed by atoms with E-state index in [9.17, 15) is 25.8 Å². The van der Waals surface area contributed by atoms with Gasteiger partial charge in [0.25, 0.3) is 5.88 Å². The van der Waals surface area contributed by atoms with Crippen molar-refractivity contribution < 1.29 is 34.4 Å². The van der Waals surface area contributed by atoms with E-state index in [4.69, 9.17) is 4.42 Å². The van der Waals surface area contributed by atoms with Crippen LogP contribution in [0.4, 0.5) is 13.2 Å². The monoisotopic (exact) mass is 494 g/mol. The van der Waals surface area contributed by atoms with Gasteiger partial charge in [-0.15, -0.1) is 0 Å². The van der Waals surface area contributed by atoms with Crippen molar-refractivity contribution in [2.75, 3.05) is 0 Å². The van der Waals surface area contributed by atoms with Gasteiger partial charge < -0.3 is 8.60 Å². The normalized spacial score (nSPS) is 17.9. The van der Waals surface area contributed by atoms with E-state index >= 15 is 0 Å². The second-order valence-corrected chi connectivity index (χ2v) is 12.1. The number of benzene rings is 1. The fourth-order valence-corrected chi connectivity index (χ4v) is 4.68. The summed E-state index contributed by atoms with van der Waals surface area (Å²) in [5.41, 5.74) is -5.21. The van der Waals surface area contributed by atoms with Crippen molar-refractivity contribution in [2.45, 2.75) is 62.8 Å². The lowest BCUT2D eigenvalue weighted by Gasteiger charge is -2.27. The van der Waals surface area contributed by atoms with Crippen molar-refractivity contribution in [3.05, 3.63) is 36.1 Å². The highest BCUT2D eigenvalue weighted by atomic mass is 32.2. The molecule has 178 valence electrons. The SMILES string of the molecule is CC(C)(C)S(=O)NC(c1oc(-c2ccccc2)nc1OS(=O)(=O)C(F)(F)F)C1CCCC1. The molecule has 2 aromatic rings. The fraction of sp³-hybridized carbons (Fsp3) is 0.550. The van der Waals surface area contributed by atoms with Crippen LogP contribution < -0.4 is 8.91 Å². The van der Waals surface area contributed by atoms with Crippen LogP contribution in [0.2, 0.25) is 0 Å². The number of alkyl halides is 3. The van der Waals surface area contributed by atoms with E-state index in [2.05, 4.69) is 13.9 Å². The Labute approximate surface area is 187 Å². The van der Waals surface area contributed by atoms with Crippen LogP contribution >= 0.6 is 0 Å². The zero-order valence-corrected chi connectivity index (χ0v) is 19.4. The molecule has 1 N–H and O–H groups in total. The summed E-state index contributed by atoms with van der Waals surface area (Å²) in [7, 11) is -7.59. The summed E-state index contributed by atoms with van der Waals surface area (Å²) in [6.07, 6.45) is 3.15. The van der Waals surface area contributed by atoms with E-state index in [1.54, 1.807) is 51.1 Å². The van der Waals surface area contributed by atoms with Gasteiger partial charge in [0, 0.05) is 5.56 Å². The smallest absolute Gasteiger partial charge is 0.435 e. The summed E-state index contributed by atoms with van der Waals surface area (Å²) < 4.78 is 87.8. The minimum Gasteiger partial charge on any atom is -0.435 e. The Morgan fingerprint density at radius 1 is 1.16 bits per heavy atom. The second-order valence-electron chi connectivity index (χ2n) is 8.56. The molecule has 0 saturated heterocycles. The van der Waals surface area contributed by atoms with Gasteiger partial charge in [-0.25, -0.2) is 8.93 Å². The first-order chi connectivity index (χ1) is 14.8. The first-order valence-electron chi connectivity index (χ1n) is 10.0. The molecule has 1 aromatic heterocycles. The van der Waals surface area contributed by atoms with Gasteiger partial charge >= 0.3 is 15.6 Å². The lowest BCUT2D eigenvalue weighted by Crippen LogP contribution is -2.38.